The molecular formula is C49H75N9O9. The van der Waals surface area contributed by atoms with Gasteiger partial charge in [0.15, 0.2) is 0 Å². The fourth-order valence-corrected chi connectivity index (χ4v) is 9.64. The molecule has 0 radical (unpaired) electrons. The molecule has 370 valence electrons. The maximum atomic E-state index is 14.9. The van der Waals surface area contributed by atoms with Crippen molar-refractivity contribution in [3.05, 3.63) is 36.0 Å². The molecule has 7 amide bonds. The number of aromatic nitrogens is 1. The smallest absolute Gasteiger partial charge is 0.326 e. The number of aliphatic carboxylic acids is 1. The van der Waals surface area contributed by atoms with Crippen LogP contribution in [0.4, 0.5) is 0 Å². The maximum Gasteiger partial charge on any atom is 0.326 e. The molecule has 0 bridgehead atoms. The summed E-state index contributed by atoms with van der Waals surface area (Å²) in [4.78, 5) is 118. The zero-order valence-corrected chi connectivity index (χ0v) is 40.6. The minimum atomic E-state index is -1.17. The lowest BCUT2D eigenvalue weighted by Crippen LogP contribution is -2.61. The number of carboxylic acids is 1. The average Bonchev–Trinajstić information content (AvgIpc) is 4.15. The SMILES string of the molecule is CC[C@H](C)[C@H](N)C(=O)N1CCC[C@H]1C(=O)N[C@@H](CC(C)C)C(=O)N[C@@H](Cc1c[nH]c2ccccc12)C(=O)N1CCC[C@H]1C(=O)N[C@H](C(=O)N[C@H](C(=O)N1CCC[C@H]1C(=O)O)[C@@H](C)CC)C(C)C. The molecule has 5 rings (SSSR count). The average molecular weight is 934 g/mol. The van der Waals surface area contributed by atoms with Crippen molar-refractivity contribution in [2.45, 2.75) is 168 Å². The van der Waals surface area contributed by atoms with Gasteiger partial charge in [-0.25, -0.2) is 4.79 Å². The molecule has 10 atom stereocenters. The van der Waals surface area contributed by atoms with Crippen LogP contribution in [-0.4, -0.2) is 140 Å². The summed E-state index contributed by atoms with van der Waals surface area (Å²) in [5.41, 5.74) is 7.89. The van der Waals surface area contributed by atoms with E-state index in [-0.39, 0.29) is 49.6 Å². The number of amides is 7. The van der Waals surface area contributed by atoms with Crippen molar-refractivity contribution in [3.63, 3.8) is 0 Å². The number of para-hydroxylation sites is 1. The van der Waals surface area contributed by atoms with E-state index in [1.54, 1.807) is 20.0 Å². The number of likely N-dealkylation sites (tertiary alicyclic amines) is 3. The van der Waals surface area contributed by atoms with Crippen LogP contribution in [0, 0.1) is 23.7 Å². The van der Waals surface area contributed by atoms with Crippen LogP contribution in [0.1, 0.15) is 119 Å². The second kappa shape index (κ2) is 23.5. The number of fused-ring (bicyclic) bond motifs is 1. The maximum absolute atomic E-state index is 14.9. The third kappa shape index (κ3) is 12.5. The van der Waals surface area contributed by atoms with Gasteiger partial charge in [-0.15, -0.1) is 0 Å². The molecule has 18 heteroatoms. The van der Waals surface area contributed by atoms with Gasteiger partial charge in [-0.1, -0.05) is 86.4 Å². The summed E-state index contributed by atoms with van der Waals surface area (Å²) in [5, 5.41) is 22.2. The molecule has 0 unspecified atom stereocenters. The number of nitrogens with two attached hydrogens (primary N) is 1. The lowest BCUT2D eigenvalue weighted by atomic mass is 9.95. The van der Waals surface area contributed by atoms with Gasteiger partial charge in [-0.2, -0.15) is 0 Å². The summed E-state index contributed by atoms with van der Waals surface area (Å²) in [7, 11) is 0. The minimum absolute atomic E-state index is 0.0443. The van der Waals surface area contributed by atoms with Gasteiger partial charge in [0.2, 0.25) is 41.4 Å². The highest BCUT2D eigenvalue weighted by Crippen LogP contribution is 2.26. The molecule has 0 saturated carbocycles. The predicted octanol–water partition coefficient (Wildman–Crippen LogP) is 2.83. The van der Waals surface area contributed by atoms with Crippen LogP contribution in [0.5, 0.6) is 0 Å². The van der Waals surface area contributed by atoms with Crippen LogP contribution in [0.2, 0.25) is 0 Å². The van der Waals surface area contributed by atoms with Crippen LogP contribution in [-0.2, 0) is 44.8 Å². The third-order valence-corrected chi connectivity index (χ3v) is 14.1. The van der Waals surface area contributed by atoms with Crippen LogP contribution in [0.25, 0.3) is 10.9 Å². The Morgan fingerprint density at radius 2 is 1.22 bits per heavy atom. The monoisotopic (exact) mass is 934 g/mol. The van der Waals surface area contributed by atoms with E-state index in [4.69, 9.17) is 5.73 Å². The fourth-order valence-electron chi connectivity index (χ4n) is 9.64. The third-order valence-electron chi connectivity index (χ3n) is 14.1. The quantitative estimate of drug-likeness (QED) is 0.0964. The lowest BCUT2D eigenvalue weighted by Gasteiger charge is -2.33. The van der Waals surface area contributed by atoms with Gasteiger partial charge in [0.25, 0.3) is 0 Å². The molecule has 67 heavy (non-hydrogen) atoms. The van der Waals surface area contributed by atoms with Gasteiger partial charge in [-0.05, 0) is 80.2 Å². The van der Waals surface area contributed by atoms with E-state index in [1.807, 2.05) is 65.8 Å². The topological polar surface area (TPSA) is 256 Å². The van der Waals surface area contributed by atoms with E-state index in [0.29, 0.717) is 57.9 Å². The molecule has 18 nitrogen and oxygen atoms in total. The summed E-state index contributed by atoms with van der Waals surface area (Å²) in [6, 6.07) is -0.316. The Labute approximate surface area is 394 Å². The minimum Gasteiger partial charge on any atom is -0.480 e. The summed E-state index contributed by atoms with van der Waals surface area (Å²) in [6.45, 7) is 15.7. The second-order valence-corrected chi connectivity index (χ2v) is 19.7. The molecule has 0 spiro atoms. The van der Waals surface area contributed by atoms with Crippen molar-refractivity contribution >= 4 is 58.2 Å². The van der Waals surface area contributed by atoms with Crippen molar-refractivity contribution in [2.24, 2.45) is 29.4 Å². The number of carbonyl (C=O) groups is 8. The Morgan fingerprint density at radius 1 is 0.672 bits per heavy atom. The molecular weight excluding hydrogens is 859 g/mol. The van der Waals surface area contributed by atoms with Gasteiger partial charge >= 0.3 is 5.97 Å². The first-order valence-electron chi connectivity index (χ1n) is 24.5. The Balaban J connectivity index is 1.36. The van der Waals surface area contributed by atoms with Crippen LogP contribution in [0.3, 0.4) is 0 Å². The van der Waals surface area contributed by atoms with Gasteiger partial charge in [-0.3, -0.25) is 33.6 Å². The number of nitrogens with zero attached hydrogens (tertiary/aromatic N) is 3. The predicted molar refractivity (Wildman–Crippen MR) is 253 cm³/mol. The second-order valence-electron chi connectivity index (χ2n) is 19.7. The number of carboxylic acid groups (broad SMARTS) is 1. The molecule has 3 fully saturated rings. The Kier molecular flexibility index (Phi) is 18.4. The molecule has 0 aliphatic carbocycles. The van der Waals surface area contributed by atoms with E-state index in [1.165, 1.54) is 14.7 Å². The summed E-state index contributed by atoms with van der Waals surface area (Å²) in [6.07, 6.45) is 5.96. The molecule has 2 aromatic rings. The summed E-state index contributed by atoms with van der Waals surface area (Å²) < 4.78 is 0. The molecule has 1 aromatic carbocycles. The standard InChI is InChI=1S/C49H75N9O9/c1-9-29(7)39(50)47(64)57-22-14-18-36(57)43(60)52-34(24-27(3)4)42(59)53-35(25-31-26-51-33-17-12-11-16-32(31)33)46(63)56-21-13-19-37(56)44(61)54-40(28(5)6)45(62)55-41(30(8)10-2)48(65)58-23-15-20-38(58)49(66)67/h11-12,16-17,26-30,34-41,51H,9-10,13-15,18-25,50H2,1-8H3,(H,52,60)(H,53,59)(H,54,61)(H,55,62)(H,66,67)/t29-,30-,34-,35-,36-,37-,38-,39-,40-,41-/m0/s1. The van der Waals surface area contributed by atoms with Gasteiger partial charge in [0.05, 0.1) is 6.04 Å². The van der Waals surface area contributed by atoms with Crippen LogP contribution >= 0.6 is 0 Å². The number of rotatable bonds is 21. The highest BCUT2D eigenvalue weighted by Gasteiger charge is 2.44. The Hall–Kier alpha value is -5.52. The molecule has 1 aromatic heterocycles. The van der Waals surface area contributed by atoms with Gasteiger partial charge in [0, 0.05) is 43.2 Å². The van der Waals surface area contributed by atoms with Crippen molar-refractivity contribution in [2.75, 3.05) is 19.6 Å². The summed E-state index contributed by atoms with van der Waals surface area (Å²) >= 11 is 0. The van der Waals surface area contributed by atoms with Crippen molar-refractivity contribution in [3.8, 4) is 0 Å². The molecule has 3 aliphatic heterocycles. The summed E-state index contributed by atoms with van der Waals surface area (Å²) in [5.74, 6) is -5.52. The Bertz CT molecular complexity index is 2110. The van der Waals surface area contributed by atoms with Crippen LogP contribution in [0.15, 0.2) is 30.5 Å². The molecule has 8 N–H and O–H groups in total. The molecule has 3 saturated heterocycles. The van der Waals surface area contributed by atoms with Crippen LogP contribution < -0.4 is 27.0 Å². The molecule has 4 heterocycles. The number of hydrogen-bond acceptors (Lipinski definition) is 9. The number of carbonyl (C=O) groups excluding carboxylic acids is 7. The van der Waals surface area contributed by atoms with E-state index in [2.05, 4.69) is 26.3 Å². The first-order chi connectivity index (χ1) is 31.8. The Morgan fingerprint density at radius 3 is 1.79 bits per heavy atom. The largest absolute Gasteiger partial charge is 0.480 e. The number of aromatic amines is 1. The van der Waals surface area contributed by atoms with Crippen molar-refractivity contribution in [1.82, 2.24) is 41.0 Å². The number of H-pyrrole nitrogens is 1. The fraction of sp³-hybridized carbons (Fsp3) is 0.673. The van der Waals surface area contributed by atoms with Crippen molar-refractivity contribution < 1.29 is 43.5 Å². The zero-order valence-electron chi connectivity index (χ0n) is 40.6. The number of hydrogen-bond donors (Lipinski definition) is 7. The first kappa shape index (κ1) is 52.4. The zero-order chi connectivity index (χ0) is 49.3. The first-order valence-corrected chi connectivity index (χ1v) is 24.5. The molecule has 3 aliphatic rings. The number of benzene rings is 1. The van der Waals surface area contributed by atoms with E-state index < -0.39 is 95.7 Å². The van der Waals surface area contributed by atoms with E-state index >= 15 is 0 Å². The van der Waals surface area contributed by atoms with Crippen molar-refractivity contribution in [1.29, 1.82) is 0 Å². The van der Waals surface area contributed by atoms with E-state index in [0.717, 1.165) is 16.5 Å². The van der Waals surface area contributed by atoms with E-state index in [9.17, 15) is 43.5 Å². The van der Waals surface area contributed by atoms with Gasteiger partial charge < -0.3 is 51.8 Å². The normalized spacial score (nSPS) is 21.7. The highest BCUT2D eigenvalue weighted by atomic mass is 16.4. The number of nitrogens with one attached hydrogen (secondary N) is 5. The van der Waals surface area contributed by atoms with Gasteiger partial charge in [0.1, 0.15) is 42.3 Å². The lowest BCUT2D eigenvalue weighted by molar-refractivity contribution is -0.150. The highest BCUT2D eigenvalue weighted by molar-refractivity contribution is 5.98.